The Balaban J connectivity index is 2.07. The second-order valence-electron chi connectivity index (χ2n) is 5.15. The molecule has 1 unspecified atom stereocenters. The van der Waals surface area contributed by atoms with Crippen molar-refractivity contribution in [3.63, 3.8) is 0 Å². The zero-order valence-corrected chi connectivity index (χ0v) is 10.6. The van der Waals surface area contributed by atoms with Crippen molar-refractivity contribution in [1.82, 2.24) is 10.2 Å². The highest BCUT2D eigenvalue weighted by Crippen LogP contribution is 2.24. The zero-order chi connectivity index (χ0) is 12.1. The molecule has 1 aliphatic rings. The molecule has 0 aliphatic heterocycles. The standard InChI is InChI=1S/C12H24N2O2/c1-9(2)6-11(15)7-13-8-12(16)14(3)10-4-5-10/h9-11,13,15H,4-8H2,1-3H3. The molecule has 2 N–H and O–H groups in total. The number of likely N-dealkylation sites (N-methyl/N-ethyl adjacent to an activating group) is 1. The summed E-state index contributed by atoms with van der Waals surface area (Å²) < 4.78 is 0. The van der Waals surface area contributed by atoms with Gasteiger partial charge in [-0.1, -0.05) is 13.8 Å². The van der Waals surface area contributed by atoms with Gasteiger partial charge in [-0.25, -0.2) is 0 Å². The molecule has 1 aliphatic carbocycles. The van der Waals surface area contributed by atoms with Crippen molar-refractivity contribution in [3.05, 3.63) is 0 Å². The lowest BCUT2D eigenvalue weighted by atomic mass is 10.1. The molecule has 0 aromatic heterocycles. The van der Waals surface area contributed by atoms with Gasteiger partial charge in [-0.2, -0.15) is 0 Å². The van der Waals surface area contributed by atoms with E-state index >= 15 is 0 Å². The van der Waals surface area contributed by atoms with Crippen LogP contribution >= 0.6 is 0 Å². The highest BCUT2D eigenvalue weighted by Gasteiger charge is 2.29. The number of aliphatic hydroxyl groups excluding tert-OH is 1. The molecule has 0 radical (unpaired) electrons. The summed E-state index contributed by atoms with van der Waals surface area (Å²) in [7, 11) is 1.85. The lowest BCUT2D eigenvalue weighted by molar-refractivity contribution is -0.129. The molecule has 16 heavy (non-hydrogen) atoms. The Hall–Kier alpha value is -0.610. The minimum absolute atomic E-state index is 0.124. The SMILES string of the molecule is CC(C)CC(O)CNCC(=O)N(C)C1CC1. The normalized spacial score (nSPS) is 17.6. The molecule has 1 atom stereocenters. The number of amides is 1. The fourth-order valence-electron chi connectivity index (χ4n) is 1.76. The molecule has 1 saturated carbocycles. The Bertz CT molecular complexity index is 227. The van der Waals surface area contributed by atoms with Gasteiger partial charge in [-0.3, -0.25) is 4.79 Å². The summed E-state index contributed by atoms with van der Waals surface area (Å²) in [6.07, 6.45) is 2.70. The van der Waals surface area contributed by atoms with Crippen LogP contribution in [0.25, 0.3) is 0 Å². The van der Waals surface area contributed by atoms with Crippen LogP contribution < -0.4 is 5.32 Å². The molecular weight excluding hydrogens is 204 g/mol. The molecule has 0 bridgehead atoms. The van der Waals surface area contributed by atoms with E-state index in [9.17, 15) is 9.90 Å². The summed E-state index contributed by atoms with van der Waals surface area (Å²) in [6, 6.07) is 0.467. The van der Waals surface area contributed by atoms with E-state index in [2.05, 4.69) is 19.2 Å². The van der Waals surface area contributed by atoms with E-state index in [1.807, 2.05) is 11.9 Å². The Kier molecular flexibility index (Phi) is 5.22. The maximum atomic E-state index is 11.6. The van der Waals surface area contributed by atoms with E-state index in [1.165, 1.54) is 0 Å². The number of carbonyl (C=O) groups excluding carboxylic acids is 1. The molecule has 1 fully saturated rings. The van der Waals surface area contributed by atoms with Crippen LogP contribution in [0.3, 0.4) is 0 Å². The van der Waals surface area contributed by atoms with Crippen LogP contribution in [0.5, 0.6) is 0 Å². The zero-order valence-electron chi connectivity index (χ0n) is 10.6. The van der Waals surface area contributed by atoms with Crippen LogP contribution in [0.4, 0.5) is 0 Å². The Morgan fingerprint density at radius 3 is 2.62 bits per heavy atom. The number of nitrogens with zero attached hydrogens (tertiary/aromatic N) is 1. The molecule has 4 nitrogen and oxygen atoms in total. The van der Waals surface area contributed by atoms with Gasteiger partial charge in [0.2, 0.25) is 5.91 Å². The van der Waals surface area contributed by atoms with Gasteiger partial charge in [-0.15, -0.1) is 0 Å². The first kappa shape index (κ1) is 13.5. The fourth-order valence-corrected chi connectivity index (χ4v) is 1.76. The maximum Gasteiger partial charge on any atom is 0.236 e. The largest absolute Gasteiger partial charge is 0.392 e. The van der Waals surface area contributed by atoms with E-state index in [1.54, 1.807) is 0 Å². The van der Waals surface area contributed by atoms with Gasteiger partial charge in [0, 0.05) is 19.6 Å². The van der Waals surface area contributed by atoms with E-state index in [0.717, 1.165) is 19.3 Å². The van der Waals surface area contributed by atoms with Gasteiger partial charge < -0.3 is 15.3 Å². The minimum Gasteiger partial charge on any atom is -0.392 e. The van der Waals surface area contributed by atoms with Crippen LogP contribution in [0.2, 0.25) is 0 Å². The molecule has 0 aromatic rings. The molecule has 0 aromatic carbocycles. The van der Waals surface area contributed by atoms with Gasteiger partial charge in [0.25, 0.3) is 0 Å². The van der Waals surface area contributed by atoms with Crippen LogP contribution in [0.15, 0.2) is 0 Å². The third-order valence-electron chi connectivity index (χ3n) is 2.89. The second kappa shape index (κ2) is 6.21. The maximum absolute atomic E-state index is 11.6. The van der Waals surface area contributed by atoms with Crippen molar-refractivity contribution < 1.29 is 9.90 Å². The molecule has 4 heteroatoms. The third-order valence-corrected chi connectivity index (χ3v) is 2.89. The smallest absolute Gasteiger partial charge is 0.236 e. The Morgan fingerprint density at radius 2 is 2.12 bits per heavy atom. The number of aliphatic hydroxyl groups is 1. The van der Waals surface area contributed by atoms with Crippen molar-refractivity contribution in [2.24, 2.45) is 5.92 Å². The van der Waals surface area contributed by atoms with E-state index in [4.69, 9.17) is 0 Å². The number of hydrogen-bond donors (Lipinski definition) is 2. The monoisotopic (exact) mass is 228 g/mol. The lowest BCUT2D eigenvalue weighted by Gasteiger charge is -2.18. The van der Waals surface area contributed by atoms with Crippen molar-refractivity contribution in [1.29, 1.82) is 0 Å². The second-order valence-corrected chi connectivity index (χ2v) is 5.15. The average molecular weight is 228 g/mol. The molecule has 0 spiro atoms. The van der Waals surface area contributed by atoms with E-state index < -0.39 is 0 Å². The minimum atomic E-state index is -0.348. The highest BCUT2D eigenvalue weighted by molar-refractivity contribution is 5.78. The van der Waals surface area contributed by atoms with Gasteiger partial charge >= 0.3 is 0 Å². The molecule has 1 rings (SSSR count). The summed E-state index contributed by atoms with van der Waals surface area (Å²) in [4.78, 5) is 13.4. The first-order valence-corrected chi connectivity index (χ1v) is 6.15. The summed E-state index contributed by atoms with van der Waals surface area (Å²) >= 11 is 0. The molecule has 94 valence electrons. The third kappa shape index (κ3) is 4.94. The Morgan fingerprint density at radius 1 is 1.50 bits per heavy atom. The number of hydrogen-bond acceptors (Lipinski definition) is 3. The Labute approximate surface area is 98.0 Å². The average Bonchev–Trinajstić information content (AvgIpc) is 2.98. The van der Waals surface area contributed by atoms with Gasteiger partial charge in [-0.05, 0) is 25.2 Å². The number of rotatable bonds is 7. The predicted octanol–water partition coefficient (Wildman–Crippen LogP) is 0.604. The predicted molar refractivity (Wildman–Crippen MR) is 64.1 cm³/mol. The fraction of sp³-hybridized carbons (Fsp3) is 0.917. The van der Waals surface area contributed by atoms with E-state index in [-0.39, 0.29) is 12.0 Å². The first-order chi connectivity index (χ1) is 7.50. The molecule has 1 amide bonds. The van der Waals surface area contributed by atoms with Crippen molar-refractivity contribution in [3.8, 4) is 0 Å². The number of carbonyl (C=O) groups is 1. The molecule has 0 heterocycles. The number of nitrogens with one attached hydrogen (secondary N) is 1. The summed E-state index contributed by atoms with van der Waals surface area (Å²) in [5.41, 5.74) is 0. The van der Waals surface area contributed by atoms with Gasteiger partial charge in [0.05, 0.1) is 12.6 Å². The molecular formula is C12H24N2O2. The van der Waals surface area contributed by atoms with Crippen molar-refractivity contribution in [2.75, 3.05) is 20.1 Å². The summed E-state index contributed by atoms with van der Waals surface area (Å²) in [5.74, 6) is 0.612. The highest BCUT2D eigenvalue weighted by atomic mass is 16.3. The van der Waals surface area contributed by atoms with Gasteiger partial charge in [0.1, 0.15) is 0 Å². The quantitative estimate of drug-likeness (QED) is 0.671. The van der Waals surface area contributed by atoms with Crippen LogP contribution in [-0.2, 0) is 4.79 Å². The summed E-state index contributed by atoms with van der Waals surface area (Å²) in [5, 5.41) is 12.6. The van der Waals surface area contributed by atoms with Crippen molar-refractivity contribution >= 4 is 5.91 Å². The van der Waals surface area contributed by atoms with Crippen LogP contribution in [0, 0.1) is 5.92 Å². The van der Waals surface area contributed by atoms with Gasteiger partial charge in [0.15, 0.2) is 0 Å². The first-order valence-electron chi connectivity index (χ1n) is 6.15. The summed E-state index contributed by atoms with van der Waals surface area (Å²) in [6.45, 7) is 5.00. The van der Waals surface area contributed by atoms with E-state index in [0.29, 0.717) is 25.0 Å². The van der Waals surface area contributed by atoms with Crippen LogP contribution in [0.1, 0.15) is 33.1 Å². The lowest BCUT2D eigenvalue weighted by Crippen LogP contribution is -2.39. The topological polar surface area (TPSA) is 52.6 Å². The molecule has 0 saturated heterocycles. The van der Waals surface area contributed by atoms with Crippen LogP contribution in [-0.4, -0.2) is 48.2 Å². The van der Waals surface area contributed by atoms with Crippen molar-refractivity contribution in [2.45, 2.75) is 45.3 Å².